The molecular weight excluding hydrogens is 380 g/mol. The molecule has 2 heterocycles. The number of hydrogen-bond donors (Lipinski definition) is 5. The normalized spacial score (nSPS) is 15.6. The molecule has 0 aliphatic carbocycles. The lowest BCUT2D eigenvalue weighted by Crippen LogP contribution is -2.35. The Morgan fingerprint density at radius 2 is 1.87 bits per heavy atom. The van der Waals surface area contributed by atoms with E-state index in [1.165, 1.54) is 11.8 Å². The number of rotatable bonds is 8. The van der Waals surface area contributed by atoms with Crippen molar-refractivity contribution in [2.75, 3.05) is 43.2 Å². The Kier molecular flexibility index (Phi) is 7.61. The number of aromatic nitrogens is 1. The highest BCUT2D eigenvalue weighted by Gasteiger charge is 2.11. The number of hydrogen-bond acceptors (Lipinski definition) is 9. The number of aliphatic imine (C=N–C) groups is 1. The zero-order valence-electron chi connectivity index (χ0n) is 17.1. The van der Waals surface area contributed by atoms with Crippen molar-refractivity contribution >= 4 is 23.5 Å². The van der Waals surface area contributed by atoms with E-state index in [1.54, 1.807) is 12.3 Å². The minimum Gasteiger partial charge on any atom is -0.404 e. The Morgan fingerprint density at radius 1 is 1.17 bits per heavy atom. The second kappa shape index (κ2) is 10.6. The number of hydrazine groups is 1. The van der Waals surface area contributed by atoms with E-state index < -0.39 is 0 Å². The van der Waals surface area contributed by atoms with Crippen molar-refractivity contribution in [3.8, 4) is 0 Å². The molecule has 1 aromatic carbocycles. The van der Waals surface area contributed by atoms with Crippen molar-refractivity contribution in [2.24, 2.45) is 16.6 Å². The number of ether oxygens (including phenoxy) is 1. The SMILES string of the molecule is NC=C(C=NCc1ccc(CN2CCOCC2)cc1)Cc1cc(N)nc(NN)c1N. The lowest BCUT2D eigenvalue weighted by molar-refractivity contribution is 0.0342. The highest BCUT2D eigenvalue weighted by atomic mass is 16.5. The summed E-state index contributed by atoms with van der Waals surface area (Å²) in [6, 6.07) is 10.2. The van der Waals surface area contributed by atoms with E-state index in [1.807, 2.05) is 0 Å². The van der Waals surface area contributed by atoms with Gasteiger partial charge in [-0.25, -0.2) is 10.8 Å². The summed E-state index contributed by atoms with van der Waals surface area (Å²) in [4.78, 5) is 11.0. The molecule has 2 aromatic rings. The molecule has 1 aliphatic heterocycles. The first kappa shape index (κ1) is 21.6. The predicted octanol–water partition coefficient (Wildman–Crippen LogP) is 1.02. The molecule has 0 radical (unpaired) electrons. The molecule has 0 saturated carbocycles. The Morgan fingerprint density at radius 3 is 2.53 bits per heavy atom. The second-order valence-corrected chi connectivity index (χ2v) is 7.21. The summed E-state index contributed by atoms with van der Waals surface area (Å²) < 4.78 is 5.39. The monoisotopic (exact) mass is 410 g/mol. The van der Waals surface area contributed by atoms with Crippen LogP contribution in [-0.2, 0) is 24.2 Å². The first-order valence-electron chi connectivity index (χ1n) is 9.89. The van der Waals surface area contributed by atoms with E-state index in [0.29, 0.717) is 30.3 Å². The Hall–Kier alpha value is -3.14. The predicted molar refractivity (Wildman–Crippen MR) is 122 cm³/mol. The largest absolute Gasteiger partial charge is 0.404 e. The number of pyridine rings is 1. The van der Waals surface area contributed by atoms with Crippen LogP contribution < -0.4 is 28.5 Å². The summed E-state index contributed by atoms with van der Waals surface area (Å²) in [6.45, 7) is 5.10. The van der Waals surface area contributed by atoms with Gasteiger partial charge in [0.15, 0.2) is 5.82 Å². The molecule has 0 spiro atoms. The van der Waals surface area contributed by atoms with E-state index in [4.69, 9.17) is 27.8 Å². The molecule has 1 saturated heterocycles. The van der Waals surface area contributed by atoms with Crippen molar-refractivity contribution in [1.29, 1.82) is 0 Å². The fourth-order valence-electron chi connectivity index (χ4n) is 3.29. The fourth-order valence-corrected chi connectivity index (χ4v) is 3.29. The summed E-state index contributed by atoms with van der Waals surface area (Å²) in [5.74, 6) is 6.11. The number of anilines is 3. The maximum Gasteiger partial charge on any atom is 0.165 e. The van der Waals surface area contributed by atoms with E-state index >= 15 is 0 Å². The minimum absolute atomic E-state index is 0.331. The van der Waals surface area contributed by atoms with Crippen molar-refractivity contribution < 1.29 is 4.74 Å². The molecule has 30 heavy (non-hydrogen) atoms. The zero-order chi connectivity index (χ0) is 21.3. The van der Waals surface area contributed by atoms with Crippen LogP contribution in [0.2, 0.25) is 0 Å². The summed E-state index contributed by atoms with van der Waals surface area (Å²) in [5, 5.41) is 0. The summed E-state index contributed by atoms with van der Waals surface area (Å²) >= 11 is 0. The van der Waals surface area contributed by atoms with Crippen LogP contribution in [0.4, 0.5) is 17.3 Å². The highest BCUT2D eigenvalue weighted by Crippen LogP contribution is 2.24. The van der Waals surface area contributed by atoms with E-state index in [9.17, 15) is 0 Å². The summed E-state index contributed by atoms with van der Waals surface area (Å²) in [5.41, 5.74) is 24.6. The third-order valence-electron chi connectivity index (χ3n) is 4.97. The maximum atomic E-state index is 6.08. The van der Waals surface area contributed by atoms with Crippen LogP contribution in [-0.4, -0.2) is 42.4 Å². The molecule has 0 unspecified atom stereocenters. The Balaban J connectivity index is 1.56. The van der Waals surface area contributed by atoms with Gasteiger partial charge in [0.2, 0.25) is 0 Å². The molecule has 3 rings (SSSR count). The minimum atomic E-state index is 0.331. The van der Waals surface area contributed by atoms with Gasteiger partial charge in [0.1, 0.15) is 5.82 Å². The van der Waals surface area contributed by atoms with Gasteiger partial charge >= 0.3 is 0 Å². The molecular formula is C21H30N8O. The van der Waals surface area contributed by atoms with Gasteiger partial charge in [0, 0.05) is 32.3 Å². The van der Waals surface area contributed by atoms with Crippen LogP contribution in [0.3, 0.4) is 0 Å². The van der Waals surface area contributed by atoms with Gasteiger partial charge in [-0.15, -0.1) is 0 Å². The number of nitrogens with two attached hydrogens (primary N) is 4. The molecule has 9 nitrogen and oxygen atoms in total. The van der Waals surface area contributed by atoms with Crippen molar-refractivity contribution in [3.05, 3.63) is 58.8 Å². The molecule has 9 heteroatoms. The van der Waals surface area contributed by atoms with Crippen LogP contribution >= 0.6 is 0 Å². The lowest BCUT2D eigenvalue weighted by Gasteiger charge is -2.26. The number of nitrogens with one attached hydrogen (secondary N) is 1. The van der Waals surface area contributed by atoms with Gasteiger partial charge in [-0.2, -0.15) is 0 Å². The van der Waals surface area contributed by atoms with E-state index in [2.05, 4.69) is 44.6 Å². The second-order valence-electron chi connectivity index (χ2n) is 7.21. The van der Waals surface area contributed by atoms with E-state index in [0.717, 1.165) is 49.5 Å². The van der Waals surface area contributed by atoms with E-state index in [-0.39, 0.29) is 0 Å². The molecule has 1 aliphatic rings. The van der Waals surface area contributed by atoms with Crippen LogP contribution in [0, 0.1) is 0 Å². The highest BCUT2D eigenvalue weighted by molar-refractivity contribution is 5.80. The average Bonchev–Trinajstić information content (AvgIpc) is 2.77. The van der Waals surface area contributed by atoms with Crippen LogP contribution in [0.25, 0.3) is 0 Å². The average molecular weight is 411 g/mol. The molecule has 1 aromatic heterocycles. The number of nitrogen functional groups attached to an aromatic ring is 3. The van der Waals surface area contributed by atoms with Crippen LogP contribution in [0.15, 0.2) is 47.1 Å². The lowest BCUT2D eigenvalue weighted by atomic mass is 10.1. The number of allylic oxidation sites excluding steroid dienone is 1. The zero-order valence-corrected chi connectivity index (χ0v) is 17.1. The molecule has 0 atom stereocenters. The van der Waals surface area contributed by atoms with Gasteiger partial charge in [-0.3, -0.25) is 9.89 Å². The molecule has 0 amide bonds. The van der Waals surface area contributed by atoms with Crippen molar-refractivity contribution in [1.82, 2.24) is 9.88 Å². The number of morpholine rings is 1. The summed E-state index contributed by atoms with van der Waals surface area (Å²) in [7, 11) is 0. The van der Waals surface area contributed by atoms with Gasteiger partial charge < -0.3 is 27.4 Å². The first-order chi connectivity index (χ1) is 14.6. The number of nitrogens with zero attached hydrogens (tertiary/aromatic N) is 3. The van der Waals surface area contributed by atoms with Gasteiger partial charge in [0.25, 0.3) is 0 Å². The Labute approximate surface area is 176 Å². The topological polar surface area (TPSA) is 154 Å². The third-order valence-corrected chi connectivity index (χ3v) is 4.97. The molecule has 160 valence electrons. The fraction of sp³-hybridized carbons (Fsp3) is 0.333. The van der Waals surface area contributed by atoms with Gasteiger partial charge in [0.05, 0.1) is 25.4 Å². The van der Waals surface area contributed by atoms with Gasteiger partial charge in [-0.05, 0) is 34.5 Å². The maximum absolute atomic E-state index is 6.08. The number of benzene rings is 1. The van der Waals surface area contributed by atoms with Crippen LogP contribution in [0.5, 0.6) is 0 Å². The van der Waals surface area contributed by atoms with Crippen molar-refractivity contribution in [2.45, 2.75) is 19.5 Å². The molecule has 9 N–H and O–H groups in total. The first-order valence-corrected chi connectivity index (χ1v) is 9.89. The third kappa shape index (κ3) is 5.93. The van der Waals surface area contributed by atoms with Gasteiger partial charge in [-0.1, -0.05) is 24.3 Å². The standard InChI is InChI=1S/C21H30N8O/c22-11-17(9-18-10-19(23)27-21(28-25)20(18)24)13-26-12-15-1-3-16(4-2-15)14-29-5-7-30-8-6-29/h1-4,10-11,13H,5-9,12,14,22,24-25H2,(H3,23,27,28). The summed E-state index contributed by atoms with van der Waals surface area (Å²) in [6.07, 6.45) is 3.75. The molecule has 0 bridgehead atoms. The van der Waals surface area contributed by atoms with Crippen molar-refractivity contribution in [3.63, 3.8) is 0 Å². The van der Waals surface area contributed by atoms with Crippen LogP contribution in [0.1, 0.15) is 16.7 Å². The Bertz CT molecular complexity index is 889. The molecule has 1 fully saturated rings. The smallest absolute Gasteiger partial charge is 0.165 e. The quantitative estimate of drug-likeness (QED) is 0.245.